The van der Waals surface area contributed by atoms with E-state index < -0.39 is 0 Å². The van der Waals surface area contributed by atoms with Gasteiger partial charge in [-0.25, -0.2) is 0 Å². The van der Waals surface area contributed by atoms with Gasteiger partial charge in [-0.15, -0.1) is 25.3 Å². The molecule has 0 saturated heterocycles. The van der Waals surface area contributed by atoms with Crippen LogP contribution in [0.5, 0.6) is 0 Å². The molecular weight excluding hydrogens is 204 g/mol. The number of fused-ring (bicyclic) bond motifs is 1. The Morgan fingerprint density at radius 1 is 1.15 bits per heavy atom. The Labute approximate surface area is 85.4 Å². The van der Waals surface area contributed by atoms with Crippen molar-refractivity contribution in [1.82, 2.24) is 0 Å². The van der Waals surface area contributed by atoms with Gasteiger partial charge < -0.3 is 4.42 Å². The zero-order valence-corrected chi connectivity index (χ0v) is 8.31. The molecular formula is C9H6O2S2. The summed E-state index contributed by atoms with van der Waals surface area (Å²) in [6.07, 6.45) is 0. The molecule has 2 aromatic rings. The fraction of sp³-hybridized carbons (Fsp3) is 0. The van der Waals surface area contributed by atoms with Gasteiger partial charge in [0.25, 0.3) is 0 Å². The van der Waals surface area contributed by atoms with Gasteiger partial charge in [-0.3, -0.25) is 4.79 Å². The van der Waals surface area contributed by atoms with Crippen molar-refractivity contribution >= 4 is 36.2 Å². The molecule has 1 aromatic heterocycles. The summed E-state index contributed by atoms with van der Waals surface area (Å²) in [6.45, 7) is 0. The highest BCUT2D eigenvalue weighted by molar-refractivity contribution is 7.83. The van der Waals surface area contributed by atoms with E-state index in [0.717, 1.165) is 0 Å². The van der Waals surface area contributed by atoms with Crippen molar-refractivity contribution in [3.63, 3.8) is 0 Å². The van der Waals surface area contributed by atoms with Gasteiger partial charge in [0, 0.05) is 0 Å². The highest BCUT2D eigenvalue weighted by atomic mass is 32.1. The number of hydrogen-bond acceptors (Lipinski definition) is 4. The first-order valence-corrected chi connectivity index (χ1v) is 4.53. The van der Waals surface area contributed by atoms with Crippen molar-refractivity contribution in [2.24, 2.45) is 0 Å². The van der Waals surface area contributed by atoms with Crippen LogP contribution in [0.1, 0.15) is 0 Å². The third-order valence-corrected chi connectivity index (χ3v) is 2.65. The van der Waals surface area contributed by atoms with Gasteiger partial charge >= 0.3 is 0 Å². The first kappa shape index (κ1) is 8.72. The van der Waals surface area contributed by atoms with Crippen molar-refractivity contribution in [3.05, 3.63) is 34.5 Å². The molecule has 0 amide bonds. The van der Waals surface area contributed by atoms with Gasteiger partial charge in [0.1, 0.15) is 10.5 Å². The normalized spacial score (nSPS) is 10.6. The lowest BCUT2D eigenvalue weighted by Crippen LogP contribution is -2.02. The third kappa shape index (κ3) is 1.36. The van der Waals surface area contributed by atoms with E-state index in [1.165, 1.54) is 0 Å². The van der Waals surface area contributed by atoms with Gasteiger partial charge in [-0.2, -0.15) is 0 Å². The Morgan fingerprint density at radius 2 is 1.85 bits per heavy atom. The predicted molar refractivity (Wildman–Crippen MR) is 57.0 cm³/mol. The Bertz CT molecular complexity index is 516. The second kappa shape index (κ2) is 3.12. The Morgan fingerprint density at radius 3 is 2.62 bits per heavy atom. The Balaban J connectivity index is 3.03. The summed E-state index contributed by atoms with van der Waals surface area (Å²) in [4.78, 5) is 11.8. The lowest BCUT2D eigenvalue weighted by atomic mass is 10.2. The molecule has 0 aliphatic heterocycles. The van der Waals surface area contributed by atoms with Crippen LogP contribution < -0.4 is 5.43 Å². The van der Waals surface area contributed by atoms with E-state index in [0.29, 0.717) is 11.0 Å². The molecule has 0 bridgehead atoms. The summed E-state index contributed by atoms with van der Waals surface area (Å²) < 4.78 is 5.26. The Kier molecular flexibility index (Phi) is 2.09. The molecule has 0 unspecified atom stereocenters. The summed E-state index contributed by atoms with van der Waals surface area (Å²) in [6, 6.07) is 7.01. The van der Waals surface area contributed by atoms with Gasteiger partial charge in [0.15, 0.2) is 5.09 Å². The minimum atomic E-state index is -0.143. The van der Waals surface area contributed by atoms with Gasteiger partial charge in [0.2, 0.25) is 5.43 Å². The van der Waals surface area contributed by atoms with E-state index in [2.05, 4.69) is 25.3 Å². The molecule has 1 heterocycles. The molecule has 2 nitrogen and oxygen atoms in total. The second-order valence-electron chi connectivity index (χ2n) is 2.58. The van der Waals surface area contributed by atoms with Crippen LogP contribution in [0.3, 0.4) is 0 Å². The fourth-order valence-corrected chi connectivity index (χ4v) is 1.49. The highest BCUT2D eigenvalue weighted by Crippen LogP contribution is 2.19. The van der Waals surface area contributed by atoms with Gasteiger partial charge in [-0.05, 0) is 12.1 Å². The lowest BCUT2D eigenvalue weighted by Gasteiger charge is -1.99. The monoisotopic (exact) mass is 210 g/mol. The number of benzene rings is 1. The maximum atomic E-state index is 11.6. The number of hydrogen-bond donors (Lipinski definition) is 2. The average Bonchev–Trinajstić information content (AvgIpc) is 2.15. The SMILES string of the molecule is O=c1c(S)c(S)oc2ccccc12. The molecule has 0 saturated carbocycles. The zero-order valence-electron chi connectivity index (χ0n) is 6.52. The van der Waals surface area contributed by atoms with E-state index in [4.69, 9.17) is 4.42 Å². The van der Waals surface area contributed by atoms with E-state index in [1.54, 1.807) is 24.3 Å². The number of rotatable bonds is 0. The molecule has 0 fully saturated rings. The fourth-order valence-electron chi connectivity index (χ4n) is 1.12. The molecule has 4 heteroatoms. The van der Waals surface area contributed by atoms with E-state index in [-0.39, 0.29) is 15.4 Å². The van der Waals surface area contributed by atoms with Crippen molar-refractivity contribution < 1.29 is 4.42 Å². The molecule has 0 aliphatic carbocycles. The minimum Gasteiger partial charge on any atom is -0.449 e. The van der Waals surface area contributed by atoms with Crippen LogP contribution in [0.2, 0.25) is 0 Å². The predicted octanol–water partition coefficient (Wildman–Crippen LogP) is 2.37. The molecule has 1 aromatic carbocycles. The average molecular weight is 210 g/mol. The van der Waals surface area contributed by atoms with Crippen LogP contribution in [0, 0.1) is 0 Å². The lowest BCUT2D eigenvalue weighted by molar-refractivity contribution is 0.480. The standard InChI is InChI=1S/C9H6O2S2/c10-7-5-3-1-2-4-6(5)11-9(13)8(7)12/h1-4,12-13H. The molecule has 0 radical (unpaired) electrons. The Hall–Kier alpha value is -0.870. The quantitative estimate of drug-likeness (QED) is 0.654. The van der Waals surface area contributed by atoms with Crippen LogP contribution in [-0.2, 0) is 0 Å². The van der Waals surface area contributed by atoms with Crippen LogP contribution in [0.4, 0.5) is 0 Å². The van der Waals surface area contributed by atoms with Crippen LogP contribution in [0.25, 0.3) is 11.0 Å². The topological polar surface area (TPSA) is 30.2 Å². The maximum absolute atomic E-state index is 11.6. The summed E-state index contributed by atoms with van der Waals surface area (Å²) in [5.74, 6) is 0. The summed E-state index contributed by atoms with van der Waals surface area (Å²) in [5, 5.41) is 0.789. The zero-order chi connectivity index (χ0) is 9.42. The first-order valence-electron chi connectivity index (χ1n) is 3.64. The van der Waals surface area contributed by atoms with E-state index >= 15 is 0 Å². The van der Waals surface area contributed by atoms with Crippen molar-refractivity contribution in [3.8, 4) is 0 Å². The van der Waals surface area contributed by atoms with Crippen molar-refractivity contribution in [1.29, 1.82) is 0 Å². The number of para-hydroxylation sites is 1. The molecule has 66 valence electrons. The summed E-state index contributed by atoms with van der Waals surface area (Å²) >= 11 is 8.00. The van der Waals surface area contributed by atoms with Crippen LogP contribution in [-0.4, -0.2) is 0 Å². The van der Waals surface area contributed by atoms with E-state index in [1.807, 2.05) is 0 Å². The van der Waals surface area contributed by atoms with Crippen molar-refractivity contribution in [2.45, 2.75) is 9.99 Å². The third-order valence-electron chi connectivity index (χ3n) is 1.76. The number of thiol groups is 2. The molecule has 2 rings (SSSR count). The van der Waals surface area contributed by atoms with Crippen LogP contribution >= 0.6 is 25.3 Å². The molecule has 0 N–H and O–H groups in total. The second-order valence-corrected chi connectivity index (χ2v) is 3.43. The summed E-state index contributed by atoms with van der Waals surface area (Å²) in [5.41, 5.74) is 0.394. The molecule has 13 heavy (non-hydrogen) atoms. The molecule has 0 atom stereocenters. The minimum absolute atomic E-state index is 0.143. The van der Waals surface area contributed by atoms with E-state index in [9.17, 15) is 4.79 Å². The maximum Gasteiger partial charge on any atom is 0.207 e. The highest BCUT2D eigenvalue weighted by Gasteiger charge is 2.07. The molecule has 0 aliphatic rings. The van der Waals surface area contributed by atoms with Gasteiger partial charge in [0.05, 0.1) is 5.39 Å². The first-order chi connectivity index (χ1) is 6.20. The van der Waals surface area contributed by atoms with Crippen LogP contribution in [0.15, 0.2) is 43.5 Å². The van der Waals surface area contributed by atoms with Gasteiger partial charge in [-0.1, -0.05) is 12.1 Å². The summed E-state index contributed by atoms with van der Waals surface area (Å²) in [7, 11) is 0. The largest absolute Gasteiger partial charge is 0.449 e. The molecule has 0 spiro atoms. The smallest absolute Gasteiger partial charge is 0.207 e. The van der Waals surface area contributed by atoms with Crippen molar-refractivity contribution in [2.75, 3.05) is 0 Å².